The number of hydrogen-bond donors (Lipinski definition) is 3. The average molecular weight is 255 g/mol. The minimum atomic E-state index is 0.000441. The van der Waals surface area contributed by atoms with E-state index in [1.165, 1.54) is 0 Å². The summed E-state index contributed by atoms with van der Waals surface area (Å²) in [5.41, 5.74) is 9.96. The number of nitrogens with zero attached hydrogens (tertiary/aromatic N) is 2. The van der Waals surface area contributed by atoms with Crippen LogP contribution in [0.15, 0.2) is 30.5 Å². The fourth-order valence-electron chi connectivity index (χ4n) is 2.06. The van der Waals surface area contributed by atoms with Crippen LogP contribution in [0.25, 0.3) is 0 Å². The summed E-state index contributed by atoms with van der Waals surface area (Å²) in [4.78, 5) is 11.3. The number of nitrogen functional groups attached to an aromatic ring is 1. The second-order valence-electron chi connectivity index (χ2n) is 4.39. The van der Waals surface area contributed by atoms with Crippen LogP contribution < -0.4 is 16.4 Å². The van der Waals surface area contributed by atoms with Gasteiger partial charge in [-0.15, -0.1) is 0 Å². The van der Waals surface area contributed by atoms with Crippen molar-refractivity contribution >= 4 is 23.0 Å². The lowest BCUT2D eigenvalue weighted by Gasteiger charge is -2.10. The summed E-state index contributed by atoms with van der Waals surface area (Å²) >= 11 is 0. The number of carbonyl (C=O) groups excluding carboxylic acids is 1. The van der Waals surface area contributed by atoms with Crippen LogP contribution in [0.3, 0.4) is 0 Å². The summed E-state index contributed by atoms with van der Waals surface area (Å²) in [6.07, 6.45) is 2.02. The van der Waals surface area contributed by atoms with Gasteiger partial charge in [0.1, 0.15) is 0 Å². The summed E-state index contributed by atoms with van der Waals surface area (Å²) in [6, 6.07) is 7.39. The maximum Gasteiger partial charge on any atom is 0.228 e. The number of benzene rings is 1. The predicted molar refractivity (Wildman–Crippen MR) is 72.5 cm³/mol. The van der Waals surface area contributed by atoms with Gasteiger partial charge in [-0.1, -0.05) is 0 Å². The Hall–Kier alpha value is -2.63. The van der Waals surface area contributed by atoms with Crippen LogP contribution in [0.2, 0.25) is 0 Å². The Morgan fingerprint density at radius 1 is 1.42 bits per heavy atom. The summed E-state index contributed by atoms with van der Waals surface area (Å²) in [5, 5.41) is 13.8. The highest BCUT2D eigenvalue weighted by molar-refractivity contribution is 6.00. The Morgan fingerprint density at radius 3 is 3.11 bits per heavy atom. The minimum Gasteiger partial charge on any atom is -0.397 e. The van der Waals surface area contributed by atoms with Crippen molar-refractivity contribution in [1.29, 1.82) is 0 Å². The molecule has 0 atom stereocenters. The number of carbonyl (C=O) groups is 1. The number of fused-ring (bicyclic) bond motifs is 1. The van der Waals surface area contributed by atoms with Crippen molar-refractivity contribution in [2.75, 3.05) is 16.4 Å². The topological polar surface area (TPSA) is 92.9 Å². The molecule has 6 nitrogen and oxygen atoms in total. The third kappa shape index (κ3) is 2.33. The van der Waals surface area contributed by atoms with Crippen molar-refractivity contribution in [3.8, 4) is 0 Å². The van der Waals surface area contributed by atoms with Gasteiger partial charge in [-0.05, 0) is 29.8 Å². The fourth-order valence-corrected chi connectivity index (χ4v) is 2.06. The summed E-state index contributed by atoms with van der Waals surface area (Å²) in [6.45, 7) is 0.533. The third-order valence-corrected chi connectivity index (χ3v) is 2.99. The molecule has 0 unspecified atom stereocenters. The van der Waals surface area contributed by atoms with Gasteiger partial charge in [0.15, 0.2) is 0 Å². The second-order valence-corrected chi connectivity index (χ2v) is 4.39. The Balaban J connectivity index is 1.79. The zero-order valence-corrected chi connectivity index (χ0v) is 10.2. The van der Waals surface area contributed by atoms with E-state index in [1.54, 1.807) is 6.20 Å². The van der Waals surface area contributed by atoms with E-state index in [9.17, 15) is 4.79 Å². The molecule has 1 aromatic carbocycles. The lowest BCUT2D eigenvalue weighted by atomic mass is 10.1. The van der Waals surface area contributed by atoms with E-state index < -0.39 is 0 Å². The molecule has 2 aromatic rings. The van der Waals surface area contributed by atoms with Gasteiger partial charge < -0.3 is 16.4 Å². The van der Waals surface area contributed by atoms with Crippen LogP contribution in [0.5, 0.6) is 0 Å². The predicted octanol–water partition coefficient (Wildman–Crippen LogP) is 1.17. The van der Waals surface area contributed by atoms with E-state index >= 15 is 0 Å². The normalized spacial score (nSPS) is 12.9. The van der Waals surface area contributed by atoms with Gasteiger partial charge in [-0.25, -0.2) is 0 Å². The largest absolute Gasteiger partial charge is 0.397 e. The molecule has 1 aliphatic rings. The molecule has 6 heteroatoms. The van der Waals surface area contributed by atoms with E-state index in [1.807, 2.05) is 24.3 Å². The Morgan fingerprint density at radius 2 is 2.32 bits per heavy atom. The molecule has 2 heterocycles. The molecule has 4 N–H and O–H groups in total. The number of hydrogen-bond acceptors (Lipinski definition) is 5. The average Bonchev–Trinajstić information content (AvgIpc) is 2.76. The fraction of sp³-hybridized carbons (Fsp3) is 0.154. The first-order valence-corrected chi connectivity index (χ1v) is 5.95. The first-order chi connectivity index (χ1) is 9.22. The molecular formula is C13H13N5O. The summed E-state index contributed by atoms with van der Waals surface area (Å²) in [5.74, 6) is 0.000441. The van der Waals surface area contributed by atoms with Crippen LogP contribution in [0, 0.1) is 0 Å². The molecule has 3 rings (SSSR count). The van der Waals surface area contributed by atoms with E-state index in [2.05, 4.69) is 20.8 Å². The van der Waals surface area contributed by atoms with Crippen molar-refractivity contribution in [2.45, 2.75) is 13.0 Å². The van der Waals surface area contributed by atoms with Crippen LogP contribution in [-0.4, -0.2) is 16.1 Å². The quantitative estimate of drug-likeness (QED) is 0.716. The van der Waals surface area contributed by atoms with Crippen LogP contribution in [-0.2, 0) is 17.8 Å². The molecule has 19 heavy (non-hydrogen) atoms. The van der Waals surface area contributed by atoms with Crippen LogP contribution in [0.1, 0.15) is 11.3 Å². The number of aromatic nitrogens is 2. The van der Waals surface area contributed by atoms with Gasteiger partial charge in [0.05, 0.1) is 30.0 Å². The first kappa shape index (κ1) is 11.5. The molecule has 0 radical (unpaired) electrons. The second kappa shape index (κ2) is 4.56. The zero-order valence-electron chi connectivity index (χ0n) is 10.2. The van der Waals surface area contributed by atoms with Crippen molar-refractivity contribution in [3.05, 3.63) is 41.7 Å². The Labute approximate surface area is 110 Å². The zero-order chi connectivity index (χ0) is 13.2. The molecule has 0 spiro atoms. The van der Waals surface area contributed by atoms with E-state index in [-0.39, 0.29) is 5.91 Å². The monoisotopic (exact) mass is 255 g/mol. The number of rotatable bonds is 3. The van der Waals surface area contributed by atoms with Crippen molar-refractivity contribution in [2.24, 2.45) is 0 Å². The summed E-state index contributed by atoms with van der Waals surface area (Å²) in [7, 11) is 0. The van der Waals surface area contributed by atoms with Gasteiger partial charge in [0.2, 0.25) is 5.91 Å². The molecule has 1 aliphatic heterocycles. The highest BCUT2D eigenvalue weighted by atomic mass is 16.1. The van der Waals surface area contributed by atoms with Crippen molar-refractivity contribution in [1.82, 2.24) is 10.2 Å². The summed E-state index contributed by atoms with van der Waals surface area (Å²) < 4.78 is 0. The first-order valence-electron chi connectivity index (χ1n) is 5.95. The van der Waals surface area contributed by atoms with Crippen LogP contribution >= 0.6 is 0 Å². The Bertz CT molecular complexity index is 626. The number of amides is 1. The van der Waals surface area contributed by atoms with Crippen molar-refractivity contribution < 1.29 is 4.79 Å². The number of nitrogens with two attached hydrogens (primary N) is 1. The molecule has 0 saturated heterocycles. The number of nitrogens with one attached hydrogen (secondary N) is 2. The number of anilines is 3. The van der Waals surface area contributed by atoms with Gasteiger partial charge >= 0.3 is 0 Å². The van der Waals surface area contributed by atoms with Gasteiger partial charge in [-0.3, -0.25) is 4.79 Å². The van der Waals surface area contributed by atoms with Gasteiger partial charge in [0.25, 0.3) is 0 Å². The molecule has 96 valence electrons. The molecule has 0 aliphatic carbocycles. The van der Waals surface area contributed by atoms with Gasteiger partial charge in [0, 0.05) is 11.9 Å². The molecule has 1 aromatic heterocycles. The maximum atomic E-state index is 11.3. The highest BCUT2D eigenvalue weighted by Crippen LogP contribution is 2.31. The maximum absolute atomic E-state index is 11.3. The molecule has 0 fully saturated rings. The van der Waals surface area contributed by atoms with E-state index in [0.717, 1.165) is 22.6 Å². The van der Waals surface area contributed by atoms with E-state index in [0.29, 0.717) is 18.7 Å². The third-order valence-electron chi connectivity index (χ3n) is 2.99. The SMILES string of the molecule is Nc1cc2c(cc1NCc1cccnn1)NC(=O)C2. The highest BCUT2D eigenvalue weighted by Gasteiger charge is 2.19. The van der Waals surface area contributed by atoms with Gasteiger partial charge in [-0.2, -0.15) is 10.2 Å². The lowest BCUT2D eigenvalue weighted by molar-refractivity contribution is -0.115. The minimum absolute atomic E-state index is 0.000441. The molecule has 0 bridgehead atoms. The Kier molecular flexibility index (Phi) is 2.75. The molecule has 0 saturated carbocycles. The van der Waals surface area contributed by atoms with E-state index in [4.69, 9.17) is 5.73 Å². The van der Waals surface area contributed by atoms with Crippen LogP contribution in [0.4, 0.5) is 17.1 Å². The smallest absolute Gasteiger partial charge is 0.228 e. The standard InChI is InChI=1S/C13H13N5O/c14-10-4-8-5-13(19)17-11(8)6-12(10)15-7-9-2-1-3-16-18-9/h1-4,6,15H,5,7,14H2,(H,17,19). The lowest BCUT2D eigenvalue weighted by Crippen LogP contribution is -2.05. The molecular weight excluding hydrogens is 242 g/mol. The van der Waals surface area contributed by atoms with Crippen molar-refractivity contribution in [3.63, 3.8) is 0 Å². The molecule has 1 amide bonds.